The average molecular weight is 146 g/mol. The molecule has 0 aliphatic carbocycles. The molecular formula is C6H14N2O2. The molecule has 0 aromatic heterocycles. The van der Waals surface area contributed by atoms with Crippen LogP contribution in [0.5, 0.6) is 0 Å². The monoisotopic (exact) mass is 146 g/mol. The summed E-state index contributed by atoms with van der Waals surface area (Å²) in [5, 5.41) is 9.02. The summed E-state index contributed by atoms with van der Waals surface area (Å²) >= 11 is 0. The van der Waals surface area contributed by atoms with Crippen molar-refractivity contribution in [3.8, 4) is 0 Å². The molecule has 0 rings (SSSR count). The van der Waals surface area contributed by atoms with Gasteiger partial charge in [-0.3, -0.25) is 10.2 Å². The van der Waals surface area contributed by atoms with Crippen molar-refractivity contribution in [1.29, 1.82) is 0 Å². The van der Waals surface area contributed by atoms with Gasteiger partial charge in [-0.25, -0.2) is 5.43 Å². The van der Waals surface area contributed by atoms with Gasteiger partial charge in [0.1, 0.15) is 0 Å². The summed E-state index contributed by atoms with van der Waals surface area (Å²) in [6.07, 6.45) is 0.876. The highest BCUT2D eigenvalue weighted by atomic mass is 16.3. The van der Waals surface area contributed by atoms with E-state index >= 15 is 0 Å². The van der Waals surface area contributed by atoms with Crippen LogP contribution in [0.1, 0.15) is 20.3 Å². The third-order valence-electron chi connectivity index (χ3n) is 1.35. The topological polar surface area (TPSA) is 61.4 Å². The van der Waals surface area contributed by atoms with Crippen LogP contribution in [0.3, 0.4) is 0 Å². The molecule has 0 spiro atoms. The maximum absolute atomic E-state index is 9.79. The first kappa shape index (κ1) is 9.39. The smallest absolute Gasteiger partial charge is 0.221 e. The van der Waals surface area contributed by atoms with Crippen molar-refractivity contribution >= 4 is 6.41 Å². The molecule has 0 heterocycles. The van der Waals surface area contributed by atoms with Crippen molar-refractivity contribution in [3.63, 3.8) is 0 Å². The van der Waals surface area contributed by atoms with Crippen LogP contribution >= 0.6 is 0 Å². The highest BCUT2D eigenvalue weighted by Crippen LogP contribution is 1.94. The van der Waals surface area contributed by atoms with Gasteiger partial charge in [-0.15, -0.1) is 0 Å². The third-order valence-corrected chi connectivity index (χ3v) is 1.35. The van der Waals surface area contributed by atoms with Crippen LogP contribution in [0.15, 0.2) is 0 Å². The van der Waals surface area contributed by atoms with Crippen molar-refractivity contribution in [2.75, 3.05) is 0 Å². The van der Waals surface area contributed by atoms with Gasteiger partial charge in [-0.2, -0.15) is 0 Å². The van der Waals surface area contributed by atoms with Crippen LogP contribution in [-0.2, 0) is 4.79 Å². The van der Waals surface area contributed by atoms with Gasteiger partial charge in [-0.1, -0.05) is 6.92 Å². The van der Waals surface area contributed by atoms with E-state index in [2.05, 4.69) is 10.9 Å². The lowest BCUT2D eigenvalue weighted by atomic mass is 10.1. The van der Waals surface area contributed by atoms with E-state index in [4.69, 9.17) is 5.11 Å². The fourth-order valence-electron chi connectivity index (χ4n) is 0.705. The van der Waals surface area contributed by atoms with Crippen molar-refractivity contribution in [1.82, 2.24) is 10.9 Å². The highest BCUT2D eigenvalue weighted by Gasteiger charge is 2.10. The Morgan fingerprint density at radius 3 is 2.60 bits per heavy atom. The van der Waals surface area contributed by atoms with Gasteiger partial charge in [0.15, 0.2) is 0 Å². The molecule has 0 fully saturated rings. The molecule has 10 heavy (non-hydrogen) atoms. The number of hydrogen-bond acceptors (Lipinski definition) is 3. The van der Waals surface area contributed by atoms with Crippen LogP contribution < -0.4 is 10.9 Å². The summed E-state index contributed by atoms with van der Waals surface area (Å²) < 4.78 is 0. The van der Waals surface area contributed by atoms with Crippen molar-refractivity contribution in [2.24, 2.45) is 0 Å². The van der Waals surface area contributed by atoms with Gasteiger partial charge < -0.3 is 5.11 Å². The van der Waals surface area contributed by atoms with Crippen molar-refractivity contribution in [3.05, 3.63) is 0 Å². The average Bonchev–Trinajstić information content (AvgIpc) is 1.89. The molecule has 0 saturated heterocycles. The highest BCUT2D eigenvalue weighted by molar-refractivity contribution is 5.44. The van der Waals surface area contributed by atoms with E-state index < -0.39 is 6.10 Å². The standard InChI is InChI=1S/C6H14N2O2/c1-3-6(5(2)10)8-7-4-9/h4-6,8,10H,3H2,1-2H3,(H,7,9)/t5-,6-/m0/s1. The Kier molecular flexibility index (Phi) is 4.88. The Labute approximate surface area is 60.6 Å². The van der Waals surface area contributed by atoms with Gasteiger partial charge >= 0.3 is 0 Å². The summed E-state index contributed by atoms with van der Waals surface area (Å²) in [4.78, 5) is 9.79. The molecular weight excluding hydrogens is 132 g/mol. The molecule has 0 aliphatic heterocycles. The molecule has 0 unspecified atom stereocenters. The van der Waals surface area contributed by atoms with Gasteiger partial charge in [0.05, 0.1) is 12.1 Å². The number of aliphatic hydroxyl groups excluding tert-OH is 1. The fourth-order valence-corrected chi connectivity index (χ4v) is 0.705. The van der Waals surface area contributed by atoms with E-state index in [1.807, 2.05) is 6.92 Å². The van der Waals surface area contributed by atoms with E-state index in [0.29, 0.717) is 6.41 Å². The number of hydrogen-bond donors (Lipinski definition) is 3. The SMILES string of the molecule is CC[C@H](NNC=O)[C@H](C)O. The van der Waals surface area contributed by atoms with Crippen LogP contribution in [0.2, 0.25) is 0 Å². The van der Waals surface area contributed by atoms with Crippen LogP contribution in [0.4, 0.5) is 0 Å². The number of amides is 1. The summed E-state index contributed by atoms with van der Waals surface area (Å²) in [7, 11) is 0. The summed E-state index contributed by atoms with van der Waals surface area (Å²) in [6.45, 7) is 3.60. The van der Waals surface area contributed by atoms with Crippen LogP contribution in [0, 0.1) is 0 Å². The van der Waals surface area contributed by atoms with Crippen molar-refractivity contribution in [2.45, 2.75) is 32.4 Å². The largest absolute Gasteiger partial charge is 0.392 e. The van der Waals surface area contributed by atoms with E-state index in [1.54, 1.807) is 6.92 Å². The lowest BCUT2D eigenvalue weighted by molar-refractivity contribution is -0.110. The van der Waals surface area contributed by atoms with E-state index in [1.165, 1.54) is 0 Å². The minimum atomic E-state index is -0.447. The zero-order valence-corrected chi connectivity index (χ0v) is 6.29. The lowest BCUT2D eigenvalue weighted by Crippen LogP contribution is -2.45. The predicted molar refractivity (Wildman–Crippen MR) is 38.1 cm³/mol. The molecule has 0 aromatic rings. The first-order valence-electron chi connectivity index (χ1n) is 3.35. The number of carbonyl (C=O) groups excluding carboxylic acids is 1. The van der Waals surface area contributed by atoms with Gasteiger partial charge in [-0.05, 0) is 13.3 Å². The second-order valence-corrected chi connectivity index (χ2v) is 2.16. The molecule has 0 bridgehead atoms. The Morgan fingerprint density at radius 1 is 1.70 bits per heavy atom. The van der Waals surface area contributed by atoms with Gasteiger partial charge in [0.2, 0.25) is 6.41 Å². The molecule has 2 atom stereocenters. The Balaban J connectivity index is 3.49. The lowest BCUT2D eigenvalue weighted by Gasteiger charge is -2.18. The molecule has 1 amide bonds. The summed E-state index contributed by atoms with van der Waals surface area (Å²) in [5.41, 5.74) is 4.94. The number of nitrogens with one attached hydrogen (secondary N) is 2. The van der Waals surface area contributed by atoms with Gasteiger partial charge in [0.25, 0.3) is 0 Å². The van der Waals surface area contributed by atoms with Crippen molar-refractivity contribution < 1.29 is 9.90 Å². The number of hydrazine groups is 1. The fraction of sp³-hybridized carbons (Fsp3) is 0.833. The Bertz CT molecular complexity index is 95.7. The Morgan fingerprint density at radius 2 is 2.30 bits per heavy atom. The van der Waals surface area contributed by atoms with Gasteiger partial charge in [0, 0.05) is 0 Å². The van der Waals surface area contributed by atoms with E-state index in [-0.39, 0.29) is 6.04 Å². The van der Waals surface area contributed by atoms with Crippen LogP contribution in [-0.4, -0.2) is 23.7 Å². The first-order chi connectivity index (χ1) is 4.72. The number of carbonyl (C=O) groups is 1. The number of rotatable bonds is 5. The molecule has 0 radical (unpaired) electrons. The minimum Gasteiger partial charge on any atom is -0.392 e. The van der Waals surface area contributed by atoms with E-state index in [9.17, 15) is 4.79 Å². The van der Waals surface area contributed by atoms with E-state index in [0.717, 1.165) is 6.42 Å². The minimum absolute atomic E-state index is 0.0646. The molecule has 0 saturated carbocycles. The molecule has 4 nitrogen and oxygen atoms in total. The summed E-state index contributed by atoms with van der Waals surface area (Å²) in [5.74, 6) is 0. The zero-order chi connectivity index (χ0) is 7.98. The molecule has 3 N–H and O–H groups in total. The maximum Gasteiger partial charge on any atom is 0.221 e. The number of aliphatic hydroxyl groups is 1. The molecule has 0 aliphatic rings. The quantitative estimate of drug-likeness (QED) is 0.358. The summed E-state index contributed by atoms with van der Waals surface area (Å²) in [6, 6.07) is -0.0646. The zero-order valence-electron chi connectivity index (χ0n) is 6.29. The molecule has 0 aromatic carbocycles. The normalized spacial score (nSPS) is 15.9. The predicted octanol–water partition coefficient (Wildman–Crippen LogP) is -0.604. The second-order valence-electron chi connectivity index (χ2n) is 2.16. The van der Waals surface area contributed by atoms with Crippen LogP contribution in [0.25, 0.3) is 0 Å². The molecule has 60 valence electrons. The molecule has 4 heteroatoms. The Hall–Kier alpha value is -0.610. The maximum atomic E-state index is 9.79. The second kappa shape index (κ2) is 5.20. The third kappa shape index (κ3) is 3.42. The first-order valence-corrected chi connectivity index (χ1v) is 3.35.